The summed E-state index contributed by atoms with van der Waals surface area (Å²) in [5.41, 5.74) is 6.13. The molecule has 0 radical (unpaired) electrons. The minimum Gasteiger partial charge on any atom is -0.349 e. The second-order valence-electron chi connectivity index (χ2n) is 7.99. The van der Waals surface area contributed by atoms with Crippen molar-refractivity contribution in [2.45, 2.75) is 25.8 Å². The molecule has 1 aromatic carbocycles. The summed E-state index contributed by atoms with van der Waals surface area (Å²) in [6.45, 7) is 2.84. The molecule has 0 amide bonds. The first-order valence-electron chi connectivity index (χ1n) is 10.5. The fourth-order valence-corrected chi connectivity index (χ4v) is 5.53. The van der Waals surface area contributed by atoms with Gasteiger partial charge in [-0.05, 0) is 72.8 Å². The van der Waals surface area contributed by atoms with Gasteiger partial charge in [0.05, 0.1) is 28.5 Å². The molecule has 8 heteroatoms. The molecule has 1 saturated heterocycles. The normalized spacial score (nSPS) is 16.6. The number of hydrogen-bond acceptors (Lipinski definition) is 4. The maximum atomic E-state index is 6.59. The summed E-state index contributed by atoms with van der Waals surface area (Å²) in [7, 11) is 0. The number of H-pyrrole nitrogens is 2. The van der Waals surface area contributed by atoms with E-state index < -0.39 is 0 Å². The van der Waals surface area contributed by atoms with Gasteiger partial charge in [-0.1, -0.05) is 34.3 Å². The number of thiophene rings is 1. The van der Waals surface area contributed by atoms with Crippen LogP contribution in [0.3, 0.4) is 0 Å². The van der Waals surface area contributed by atoms with Crippen LogP contribution in [0, 0.1) is 5.92 Å². The van der Waals surface area contributed by atoms with Crippen molar-refractivity contribution in [1.29, 1.82) is 0 Å². The molecule has 4 heterocycles. The third-order valence-electron chi connectivity index (χ3n) is 5.82. The molecule has 0 unspecified atom stereocenters. The number of piperidine rings is 1. The zero-order chi connectivity index (χ0) is 21.2. The van der Waals surface area contributed by atoms with Crippen LogP contribution < -0.4 is 15.6 Å². The molecular formula is C23H24Cl2N5S+. The van der Waals surface area contributed by atoms with Crippen molar-refractivity contribution in [2.75, 3.05) is 18.4 Å². The number of aromatic nitrogens is 3. The van der Waals surface area contributed by atoms with Crippen LogP contribution in [0.5, 0.6) is 0 Å². The highest BCUT2D eigenvalue weighted by molar-refractivity contribution is 7.07. The molecule has 0 aliphatic carbocycles. The van der Waals surface area contributed by atoms with Gasteiger partial charge in [-0.3, -0.25) is 5.32 Å². The lowest BCUT2D eigenvalue weighted by Crippen LogP contribution is -2.30. The van der Waals surface area contributed by atoms with Crippen molar-refractivity contribution in [3.8, 4) is 11.3 Å². The van der Waals surface area contributed by atoms with Crippen molar-refractivity contribution >= 4 is 51.5 Å². The standard InChI is InChI=1S/C23H23Cl2N5S/c24-17-4-1-5-18(25)20(17)22-16(9-14-3-2-7-26-10-14)21-19(29-22)12-28-23(30-21)27-11-15-6-8-31-13-15/h1,4-6,8,12-14,26,29H,2-3,7,9-11H2,(H,27,28,30)/p+1/t14-/m0/s1. The van der Waals surface area contributed by atoms with Gasteiger partial charge in [0.25, 0.3) is 0 Å². The Balaban J connectivity index is 1.57. The molecular weight excluding hydrogens is 449 g/mol. The van der Waals surface area contributed by atoms with Gasteiger partial charge in [0, 0.05) is 11.1 Å². The van der Waals surface area contributed by atoms with Crippen LogP contribution in [-0.2, 0) is 13.0 Å². The van der Waals surface area contributed by atoms with E-state index in [9.17, 15) is 0 Å². The topological polar surface area (TPSA) is 66.9 Å². The summed E-state index contributed by atoms with van der Waals surface area (Å²) in [5, 5.41) is 12.4. The highest BCUT2D eigenvalue weighted by atomic mass is 35.5. The Morgan fingerprint density at radius 1 is 1.23 bits per heavy atom. The Bertz CT molecular complexity index is 1160. The van der Waals surface area contributed by atoms with Crippen molar-refractivity contribution in [3.63, 3.8) is 0 Å². The lowest BCUT2D eigenvalue weighted by atomic mass is 9.91. The Hall–Kier alpha value is -2.12. The van der Waals surface area contributed by atoms with Gasteiger partial charge in [-0.25, -0.2) is 4.98 Å². The number of halogens is 2. The highest BCUT2D eigenvalue weighted by Gasteiger charge is 2.25. The number of nitrogens with zero attached hydrogens (tertiary/aromatic N) is 1. The maximum Gasteiger partial charge on any atom is 0.390 e. The predicted molar refractivity (Wildman–Crippen MR) is 129 cm³/mol. The number of anilines is 1. The third-order valence-corrected chi connectivity index (χ3v) is 7.19. The maximum absolute atomic E-state index is 6.59. The minimum absolute atomic E-state index is 0.556. The molecule has 31 heavy (non-hydrogen) atoms. The molecule has 0 bridgehead atoms. The van der Waals surface area contributed by atoms with Crippen LogP contribution in [0.15, 0.2) is 41.2 Å². The predicted octanol–water partition coefficient (Wildman–Crippen LogP) is 5.57. The van der Waals surface area contributed by atoms with E-state index in [0.717, 1.165) is 54.3 Å². The van der Waals surface area contributed by atoms with Crippen LogP contribution in [0.2, 0.25) is 10.0 Å². The van der Waals surface area contributed by atoms with Crippen molar-refractivity contribution in [3.05, 3.63) is 62.4 Å². The SMILES string of the molecule is Clc1cccc(Cl)c1-c1[nH]c2c[nH+]c(NCc3ccsc3)nc2c1C[C@@H]1CCCNC1. The molecule has 4 aromatic rings. The quantitative estimate of drug-likeness (QED) is 0.343. The van der Waals surface area contributed by atoms with E-state index >= 15 is 0 Å². The first-order valence-corrected chi connectivity index (χ1v) is 12.2. The van der Waals surface area contributed by atoms with Crippen molar-refractivity contribution < 1.29 is 4.98 Å². The van der Waals surface area contributed by atoms with E-state index in [4.69, 9.17) is 28.2 Å². The molecule has 1 atom stereocenters. The first kappa shape index (κ1) is 20.8. The Kier molecular flexibility index (Phi) is 6.14. The van der Waals surface area contributed by atoms with Gasteiger partial charge in [-0.15, -0.1) is 0 Å². The van der Waals surface area contributed by atoms with E-state index in [1.165, 1.54) is 24.0 Å². The summed E-state index contributed by atoms with van der Waals surface area (Å²) < 4.78 is 0. The van der Waals surface area contributed by atoms with E-state index in [-0.39, 0.29) is 0 Å². The molecule has 0 spiro atoms. The van der Waals surface area contributed by atoms with Crippen molar-refractivity contribution in [1.82, 2.24) is 15.3 Å². The average molecular weight is 473 g/mol. The summed E-state index contributed by atoms with van der Waals surface area (Å²) in [4.78, 5) is 11.8. The zero-order valence-electron chi connectivity index (χ0n) is 17.0. The van der Waals surface area contributed by atoms with Crippen LogP contribution in [0.4, 0.5) is 5.95 Å². The van der Waals surface area contributed by atoms with Gasteiger partial charge in [0.15, 0.2) is 5.52 Å². The molecule has 1 fully saturated rings. The third kappa shape index (κ3) is 4.44. The Labute approximate surface area is 195 Å². The van der Waals surface area contributed by atoms with E-state index in [2.05, 4.69) is 37.4 Å². The van der Waals surface area contributed by atoms with Gasteiger partial charge in [0.1, 0.15) is 5.52 Å². The second kappa shape index (κ2) is 9.17. The smallest absolute Gasteiger partial charge is 0.349 e. The molecule has 0 saturated carbocycles. The number of hydrogen-bond donors (Lipinski definition) is 3. The largest absolute Gasteiger partial charge is 0.390 e. The van der Waals surface area contributed by atoms with Gasteiger partial charge >= 0.3 is 5.95 Å². The number of rotatable bonds is 6. The second-order valence-corrected chi connectivity index (χ2v) is 9.58. The molecule has 3 aromatic heterocycles. The van der Waals surface area contributed by atoms with Crippen LogP contribution in [0.25, 0.3) is 22.3 Å². The van der Waals surface area contributed by atoms with Crippen LogP contribution in [0.1, 0.15) is 24.0 Å². The van der Waals surface area contributed by atoms with Crippen molar-refractivity contribution in [2.24, 2.45) is 5.92 Å². The van der Waals surface area contributed by atoms with E-state index in [1.54, 1.807) is 11.3 Å². The van der Waals surface area contributed by atoms with Gasteiger partial charge < -0.3 is 10.3 Å². The molecule has 1 aliphatic heterocycles. The average Bonchev–Trinajstić information content (AvgIpc) is 3.41. The minimum atomic E-state index is 0.556. The lowest BCUT2D eigenvalue weighted by molar-refractivity contribution is -0.363. The fraction of sp³-hybridized carbons (Fsp3) is 0.304. The fourth-order valence-electron chi connectivity index (χ4n) is 4.27. The zero-order valence-corrected chi connectivity index (χ0v) is 19.3. The molecule has 5 nitrogen and oxygen atoms in total. The lowest BCUT2D eigenvalue weighted by Gasteiger charge is -2.22. The first-order chi connectivity index (χ1) is 15.2. The van der Waals surface area contributed by atoms with Crippen LogP contribution >= 0.6 is 34.5 Å². The van der Waals surface area contributed by atoms with E-state index in [1.807, 2.05) is 24.4 Å². The monoisotopic (exact) mass is 472 g/mol. The summed E-state index contributed by atoms with van der Waals surface area (Å²) in [6.07, 6.45) is 5.29. The number of benzene rings is 1. The number of aromatic amines is 2. The molecule has 160 valence electrons. The molecule has 1 aliphatic rings. The number of nitrogens with one attached hydrogen (secondary N) is 4. The summed E-state index contributed by atoms with van der Waals surface area (Å²) in [6, 6.07) is 7.76. The summed E-state index contributed by atoms with van der Waals surface area (Å²) >= 11 is 14.9. The van der Waals surface area contributed by atoms with E-state index in [0.29, 0.717) is 16.0 Å². The summed E-state index contributed by atoms with van der Waals surface area (Å²) in [5.74, 6) is 1.30. The Morgan fingerprint density at radius 3 is 2.84 bits per heavy atom. The van der Waals surface area contributed by atoms with Gasteiger partial charge in [0.2, 0.25) is 0 Å². The highest BCUT2D eigenvalue weighted by Crippen LogP contribution is 2.39. The molecule has 5 rings (SSSR count). The molecule has 4 N–H and O–H groups in total. The Morgan fingerprint density at radius 2 is 2.10 bits per heavy atom. The van der Waals surface area contributed by atoms with Crippen LogP contribution in [-0.4, -0.2) is 23.1 Å². The number of fused-ring (bicyclic) bond motifs is 1. The van der Waals surface area contributed by atoms with Gasteiger partial charge in [-0.2, -0.15) is 11.3 Å².